The van der Waals surface area contributed by atoms with Gasteiger partial charge in [0.05, 0.1) is 6.54 Å². The van der Waals surface area contributed by atoms with Gasteiger partial charge < -0.3 is 10.2 Å². The Balaban J connectivity index is 2.50. The molecule has 14 heavy (non-hydrogen) atoms. The van der Waals surface area contributed by atoms with Crippen LogP contribution in [-0.2, 0) is 4.79 Å². The number of likely N-dealkylation sites (N-methyl/N-ethyl adjacent to an activating group) is 1. The van der Waals surface area contributed by atoms with Crippen LogP contribution >= 0.6 is 0 Å². The first-order chi connectivity index (χ1) is 6.59. The maximum atomic E-state index is 11.2. The van der Waals surface area contributed by atoms with Crippen LogP contribution in [0, 0.1) is 6.92 Å². The van der Waals surface area contributed by atoms with Crippen LogP contribution in [-0.4, -0.2) is 36.4 Å². The van der Waals surface area contributed by atoms with Crippen molar-refractivity contribution in [2.24, 2.45) is 0 Å². The minimum Gasteiger partial charge on any atom is -0.376 e. The summed E-state index contributed by atoms with van der Waals surface area (Å²) >= 11 is 0. The average Bonchev–Trinajstić information content (AvgIpc) is 2.14. The van der Waals surface area contributed by atoms with Crippen molar-refractivity contribution in [2.45, 2.75) is 6.92 Å². The second kappa shape index (κ2) is 4.60. The summed E-state index contributed by atoms with van der Waals surface area (Å²) in [5.74, 6) is 0.0551. The molecule has 4 heteroatoms. The highest BCUT2D eigenvalue weighted by atomic mass is 16.2. The molecule has 0 fully saturated rings. The van der Waals surface area contributed by atoms with E-state index in [1.807, 2.05) is 19.1 Å². The summed E-state index contributed by atoms with van der Waals surface area (Å²) in [4.78, 5) is 16.9. The van der Waals surface area contributed by atoms with Gasteiger partial charge in [-0.25, -0.2) is 0 Å². The Morgan fingerprint density at radius 3 is 2.86 bits per heavy atom. The maximum Gasteiger partial charge on any atom is 0.241 e. The van der Waals surface area contributed by atoms with E-state index in [4.69, 9.17) is 0 Å². The molecule has 0 atom stereocenters. The van der Waals surface area contributed by atoms with Crippen LogP contribution in [0.25, 0.3) is 0 Å². The predicted molar refractivity (Wildman–Crippen MR) is 56.2 cm³/mol. The zero-order chi connectivity index (χ0) is 10.6. The highest BCUT2D eigenvalue weighted by Crippen LogP contribution is 2.06. The van der Waals surface area contributed by atoms with Crippen LogP contribution in [0.15, 0.2) is 18.3 Å². The molecule has 1 rings (SSSR count). The largest absolute Gasteiger partial charge is 0.376 e. The molecule has 0 aromatic carbocycles. The van der Waals surface area contributed by atoms with Crippen LogP contribution in [0.4, 0.5) is 5.69 Å². The van der Waals surface area contributed by atoms with Crippen LogP contribution in [0.1, 0.15) is 5.69 Å². The summed E-state index contributed by atoms with van der Waals surface area (Å²) in [6.07, 6.45) is 1.72. The second-order valence-electron chi connectivity index (χ2n) is 3.33. The first kappa shape index (κ1) is 10.5. The molecule has 4 nitrogen and oxygen atoms in total. The van der Waals surface area contributed by atoms with Crippen LogP contribution in [0.3, 0.4) is 0 Å². The fourth-order valence-corrected chi connectivity index (χ4v) is 0.991. The van der Waals surface area contributed by atoms with Gasteiger partial charge in [-0.2, -0.15) is 0 Å². The van der Waals surface area contributed by atoms with E-state index in [1.165, 1.54) is 0 Å². The van der Waals surface area contributed by atoms with Crippen molar-refractivity contribution in [1.82, 2.24) is 9.88 Å². The lowest BCUT2D eigenvalue weighted by Crippen LogP contribution is -2.28. The van der Waals surface area contributed by atoms with Gasteiger partial charge in [-0.05, 0) is 19.1 Å². The van der Waals surface area contributed by atoms with Gasteiger partial charge in [-0.15, -0.1) is 0 Å². The third-order valence-corrected chi connectivity index (χ3v) is 1.84. The van der Waals surface area contributed by atoms with E-state index in [2.05, 4.69) is 10.3 Å². The molecule has 1 amide bonds. The summed E-state index contributed by atoms with van der Waals surface area (Å²) in [7, 11) is 3.48. The molecule has 1 heterocycles. The van der Waals surface area contributed by atoms with Gasteiger partial charge in [-0.1, -0.05) is 0 Å². The van der Waals surface area contributed by atoms with Crippen molar-refractivity contribution >= 4 is 11.6 Å². The lowest BCUT2D eigenvalue weighted by atomic mass is 10.3. The number of nitrogens with zero attached hydrogens (tertiary/aromatic N) is 2. The third-order valence-electron chi connectivity index (χ3n) is 1.84. The fraction of sp³-hybridized carbons (Fsp3) is 0.400. The summed E-state index contributed by atoms with van der Waals surface area (Å²) < 4.78 is 0. The molecule has 0 aliphatic rings. The standard InChI is InChI=1S/C10H15N3O/c1-8-6-9(4-5-11-8)12-7-10(14)13(2)3/h4-6H,7H2,1-3H3,(H,11,12). The Morgan fingerprint density at radius 1 is 1.57 bits per heavy atom. The van der Waals surface area contributed by atoms with E-state index in [0.29, 0.717) is 6.54 Å². The Bertz CT molecular complexity index is 323. The Kier molecular flexibility index (Phi) is 3.45. The van der Waals surface area contributed by atoms with Crippen molar-refractivity contribution in [1.29, 1.82) is 0 Å². The number of amides is 1. The third kappa shape index (κ3) is 3.05. The number of carbonyl (C=O) groups excluding carboxylic acids is 1. The molecule has 0 bridgehead atoms. The summed E-state index contributed by atoms with van der Waals surface area (Å²) in [5, 5.41) is 3.04. The van der Waals surface area contributed by atoms with Crippen LogP contribution in [0.5, 0.6) is 0 Å². The first-order valence-corrected chi connectivity index (χ1v) is 4.46. The summed E-state index contributed by atoms with van der Waals surface area (Å²) in [5.41, 5.74) is 1.86. The molecule has 0 unspecified atom stereocenters. The van der Waals surface area contributed by atoms with E-state index >= 15 is 0 Å². The Morgan fingerprint density at radius 2 is 2.29 bits per heavy atom. The molecule has 0 saturated heterocycles. The maximum absolute atomic E-state index is 11.2. The SMILES string of the molecule is Cc1cc(NCC(=O)N(C)C)ccn1. The normalized spacial score (nSPS) is 9.64. The number of aryl methyl sites for hydroxylation is 1. The number of hydrogen-bond acceptors (Lipinski definition) is 3. The quantitative estimate of drug-likeness (QED) is 0.775. The lowest BCUT2D eigenvalue weighted by molar-refractivity contribution is -0.126. The smallest absolute Gasteiger partial charge is 0.241 e. The van der Waals surface area contributed by atoms with E-state index < -0.39 is 0 Å². The minimum absolute atomic E-state index is 0.0551. The summed E-state index contributed by atoms with van der Waals surface area (Å²) in [6, 6.07) is 3.75. The molecular weight excluding hydrogens is 178 g/mol. The number of pyridine rings is 1. The molecular formula is C10H15N3O. The molecule has 1 N–H and O–H groups in total. The Labute approximate surface area is 83.9 Å². The Hall–Kier alpha value is -1.58. The number of nitrogens with one attached hydrogen (secondary N) is 1. The van der Waals surface area contributed by atoms with Gasteiger partial charge >= 0.3 is 0 Å². The molecule has 0 saturated carbocycles. The van der Waals surface area contributed by atoms with Crippen molar-refractivity contribution in [2.75, 3.05) is 26.0 Å². The van der Waals surface area contributed by atoms with E-state index in [1.54, 1.807) is 25.2 Å². The minimum atomic E-state index is 0.0551. The highest BCUT2D eigenvalue weighted by molar-refractivity contribution is 5.80. The predicted octanol–water partition coefficient (Wildman–Crippen LogP) is 0.890. The molecule has 0 aliphatic carbocycles. The molecule has 1 aromatic rings. The van der Waals surface area contributed by atoms with E-state index in [-0.39, 0.29) is 5.91 Å². The van der Waals surface area contributed by atoms with Crippen molar-refractivity contribution in [3.8, 4) is 0 Å². The number of rotatable bonds is 3. The van der Waals surface area contributed by atoms with Gasteiger partial charge in [0.1, 0.15) is 0 Å². The molecule has 0 spiro atoms. The number of hydrogen-bond donors (Lipinski definition) is 1. The van der Waals surface area contributed by atoms with Crippen LogP contribution in [0.2, 0.25) is 0 Å². The van der Waals surface area contributed by atoms with Gasteiger partial charge in [0, 0.05) is 31.7 Å². The van der Waals surface area contributed by atoms with Gasteiger partial charge in [0.25, 0.3) is 0 Å². The van der Waals surface area contributed by atoms with Crippen molar-refractivity contribution in [3.63, 3.8) is 0 Å². The van der Waals surface area contributed by atoms with Crippen LogP contribution < -0.4 is 5.32 Å². The van der Waals surface area contributed by atoms with Crippen molar-refractivity contribution < 1.29 is 4.79 Å². The summed E-state index contributed by atoms with van der Waals surface area (Å²) in [6.45, 7) is 2.23. The topological polar surface area (TPSA) is 45.2 Å². The number of aromatic nitrogens is 1. The van der Waals surface area contributed by atoms with E-state index in [9.17, 15) is 4.79 Å². The van der Waals surface area contributed by atoms with E-state index in [0.717, 1.165) is 11.4 Å². The van der Waals surface area contributed by atoms with Gasteiger partial charge in [0.15, 0.2) is 0 Å². The lowest BCUT2D eigenvalue weighted by Gasteiger charge is -2.11. The number of anilines is 1. The zero-order valence-corrected chi connectivity index (χ0v) is 8.74. The molecule has 0 radical (unpaired) electrons. The fourth-order valence-electron chi connectivity index (χ4n) is 0.991. The van der Waals surface area contributed by atoms with Gasteiger partial charge in [0.2, 0.25) is 5.91 Å². The molecule has 76 valence electrons. The zero-order valence-electron chi connectivity index (χ0n) is 8.74. The van der Waals surface area contributed by atoms with Crippen molar-refractivity contribution in [3.05, 3.63) is 24.0 Å². The molecule has 1 aromatic heterocycles. The monoisotopic (exact) mass is 193 g/mol. The molecule has 0 aliphatic heterocycles. The highest BCUT2D eigenvalue weighted by Gasteiger charge is 2.02. The van der Waals surface area contributed by atoms with Gasteiger partial charge in [-0.3, -0.25) is 9.78 Å². The first-order valence-electron chi connectivity index (χ1n) is 4.46. The number of carbonyl (C=O) groups is 1. The second-order valence-corrected chi connectivity index (χ2v) is 3.33. The average molecular weight is 193 g/mol.